The Kier molecular flexibility index (Phi) is 5.65. The van der Waals surface area contributed by atoms with E-state index in [1.807, 2.05) is 24.3 Å². The minimum atomic E-state index is -0.709. The van der Waals surface area contributed by atoms with E-state index in [2.05, 4.69) is 4.98 Å². The number of amides is 1. The molecule has 0 saturated carbocycles. The lowest BCUT2D eigenvalue weighted by Crippen LogP contribution is -2.30. The molecule has 144 valence electrons. The number of aryl methyl sites for hydroxylation is 1. The largest absolute Gasteiger partial charge is 0.452 e. The summed E-state index contributed by atoms with van der Waals surface area (Å²) in [6.07, 6.45) is 0. The van der Waals surface area contributed by atoms with E-state index in [-0.39, 0.29) is 17.2 Å². The Hall–Kier alpha value is -3.33. The average molecular weight is 399 g/mol. The highest BCUT2D eigenvalue weighted by atomic mass is 32.1. The molecule has 28 heavy (non-hydrogen) atoms. The summed E-state index contributed by atoms with van der Waals surface area (Å²) in [5.74, 6) is -1.08. The van der Waals surface area contributed by atoms with E-state index in [1.165, 1.54) is 41.4 Å². The summed E-state index contributed by atoms with van der Waals surface area (Å²) in [6.45, 7) is 1.43. The fraction of sp³-hybridized carbons (Fsp3) is 0.211. The van der Waals surface area contributed by atoms with E-state index in [0.29, 0.717) is 12.1 Å². The molecule has 0 N–H and O–H groups in total. The molecule has 0 fully saturated rings. The van der Waals surface area contributed by atoms with Crippen molar-refractivity contribution in [3.05, 3.63) is 68.7 Å². The molecule has 3 aromatic rings. The topological polar surface area (TPSA) is 103 Å². The number of nitro benzene ring substituents is 1. The van der Waals surface area contributed by atoms with Gasteiger partial charge < -0.3 is 9.64 Å². The molecule has 9 heteroatoms. The van der Waals surface area contributed by atoms with E-state index in [1.54, 1.807) is 7.05 Å². The van der Waals surface area contributed by atoms with Gasteiger partial charge in [0.2, 0.25) is 0 Å². The van der Waals surface area contributed by atoms with Crippen LogP contribution in [-0.2, 0) is 16.1 Å². The first-order chi connectivity index (χ1) is 13.3. The van der Waals surface area contributed by atoms with E-state index >= 15 is 0 Å². The molecule has 0 aliphatic heterocycles. The molecule has 0 aliphatic carbocycles. The van der Waals surface area contributed by atoms with Crippen molar-refractivity contribution in [2.45, 2.75) is 13.5 Å². The Balaban J connectivity index is 1.57. The lowest BCUT2D eigenvalue weighted by molar-refractivity contribution is -0.385. The predicted octanol–water partition coefficient (Wildman–Crippen LogP) is 3.33. The molecule has 0 spiro atoms. The quantitative estimate of drug-likeness (QED) is 0.358. The monoisotopic (exact) mass is 399 g/mol. The third-order valence-corrected chi connectivity index (χ3v) is 5.11. The Morgan fingerprint density at radius 1 is 1.25 bits per heavy atom. The summed E-state index contributed by atoms with van der Waals surface area (Å²) < 4.78 is 6.09. The standard InChI is InChI=1S/C19H17N3O5S/c1-12-9-13(7-8-15(12)22(25)26)19(24)27-11-18(23)21(2)10-17-20-14-5-3-4-6-16(14)28-17/h3-9H,10-11H2,1-2H3. The van der Waals surface area contributed by atoms with Crippen molar-refractivity contribution in [1.82, 2.24) is 9.88 Å². The van der Waals surface area contributed by atoms with Crippen molar-refractivity contribution >= 4 is 39.1 Å². The molecule has 8 nitrogen and oxygen atoms in total. The van der Waals surface area contributed by atoms with Crippen LogP contribution in [0.1, 0.15) is 20.9 Å². The van der Waals surface area contributed by atoms with Crippen LogP contribution < -0.4 is 0 Å². The highest BCUT2D eigenvalue weighted by molar-refractivity contribution is 7.18. The molecule has 1 heterocycles. The van der Waals surface area contributed by atoms with Gasteiger partial charge in [0.05, 0.1) is 27.2 Å². The number of esters is 1. The Morgan fingerprint density at radius 2 is 2.00 bits per heavy atom. The Labute approximate surface area is 164 Å². The third kappa shape index (κ3) is 4.32. The van der Waals surface area contributed by atoms with Crippen molar-refractivity contribution in [3.8, 4) is 0 Å². The maximum atomic E-state index is 12.2. The van der Waals surface area contributed by atoms with Gasteiger partial charge in [-0.3, -0.25) is 14.9 Å². The van der Waals surface area contributed by atoms with Crippen LogP contribution >= 0.6 is 11.3 Å². The van der Waals surface area contributed by atoms with Gasteiger partial charge in [-0.2, -0.15) is 0 Å². The van der Waals surface area contributed by atoms with E-state index in [0.717, 1.165) is 15.2 Å². The second-order valence-electron chi connectivity index (χ2n) is 6.16. The van der Waals surface area contributed by atoms with E-state index in [9.17, 15) is 19.7 Å². The van der Waals surface area contributed by atoms with Crippen LogP contribution in [0.25, 0.3) is 10.2 Å². The van der Waals surface area contributed by atoms with Crippen LogP contribution in [0, 0.1) is 17.0 Å². The second kappa shape index (κ2) is 8.13. The minimum absolute atomic E-state index is 0.0804. The number of carbonyl (C=O) groups is 2. The number of para-hydroxylation sites is 1. The maximum Gasteiger partial charge on any atom is 0.338 e. The summed E-state index contributed by atoms with van der Waals surface area (Å²) in [7, 11) is 1.61. The van der Waals surface area contributed by atoms with Crippen LogP contribution in [0.5, 0.6) is 0 Å². The highest BCUT2D eigenvalue weighted by Gasteiger charge is 2.18. The molecule has 0 aliphatic rings. The fourth-order valence-corrected chi connectivity index (χ4v) is 3.61. The number of fused-ring (bicyclic) bond motifs is 1. The number of thiazole rings is 1. The Bertz CT molecular complexity index is 1030. The van der Waals surface area contributed by atoms with Crippen molar-refractivity contribution < 1.29 is 19.2 Å². The lowest BCUT2D eigenvalue weighted by Gasteiger charge is -2.15. The van der Waals surface area contributed by atoms with E-state index in [4.69, 9.17) is 4.74 Å². The van der Waals surface area contributed by atoms with Crippen LogP contribution in [0.3, 0.4) is 0 Å². The number of rotatable bonds is 6. The highest BCUT2D eigenvalue weighted by Crippen LogP contribution is 2.22. The zero-order valence-electron chi connectivity index (χ0n) is 15.2. The van der Waals surface area contributed by atoms with Crippen molar-refractivity contribution in [2.75, 3.05) is 13.7 Å². The van der Waals surface area contributed by atoms with Crippen LogP contribution in [0.4, 0.5) is 5.69 Å². The van der Waals surface area contributed by atoms with Gasteiger partial charge >= 0.3 is 5.97 Å². The van der Waals surface area contributed by atoms with Gasteiger partial charge in [0, 0.05) is 18.7 Å². The maximum absolute atomic E-state index is 12.2. The van der Waals surface area contributed by atoms with Gasteiger partial charge in [0.15, 0.2) is 6.61 Å². The zero-order valence-corrected chi connectivity index (χ0v) is 16.1. The van der Waals surface area contributed by atoms with Gasteiger partial charge in [0.1, 0.15) is 5.01 Å². The first kappa shape index (κ1) is 19.4. The number of carbonyl (C=O) groups excluding carboxylic acids is 2. The first-order valence-electron chi connectivity index (χ1n) is 8.35. The van der Waals surface area contributed by atoms with Gasteiger partial charge in [-0.05, 0) is 31.2 Å². The SMILES string of the molecule is Cc1cc(C(=O)OCC(=O)N(C)Cc2nc3ccccc3s2)ccc1[N+](=O)[O-]. The molecule has 0 radical (unpaired) electrons. The smallest absolute Gasteiger partial charge is 0.338 e. The van der Waals surface area contributed by atoms with Crippen LogP contribution in [0.15, 0.2) is 42.5 Å². The number of benzene rings is 2. The average Bonchev–Trinajstić information content (AvgIpc) is 3.07. The predicted molar refractivity (Wildman–Crippen MR) is 104 cm³/mol. The minimum Gasteiger partial charge on any atom is -0.452 e. The van der Waals surface area contributed by atoms with Crippen LogP contribution in [0.2, 0.25) is 0 Å². The van der Waals surface area contributed by atoms with Gasteiger partial charge in [0.25, 0.3) is 11.6 Å². The zero-order chi connectivity index (χ0) is 20.3. The lowest BCUT2D eigenvalue weighted by atomic mass is 10.1. The number of nitro groups is 1. The second-order valence-corrected chi connectivity index (χ2v) is 7.27. The van der Waals surface area contributed by atoms with E-state index < -0.39 is 17.5 Å². The fourth-order valence-electron chi connectivity index (χ4n) is 2.59. The summed E-state index contributed by atoms with van der Waals surface area (Å²) >= 11 is 1.50. The van der Waals surface area contributed by atoms with Crippen molar-refractivity contribution in [2.24, 2.45) is 0 Å². The van der Waals surface area contributed by atoms with Gasteiger partial charge in [-0.25, -0.2) is 9.78 Å². The normalized spacial score (nSPS) is 10.6. The molecule has 2 aromatic carbocycles. The van der Waals surface area contributed by atoms with Crippen molar-refractivity contribution in [3.63, 3.8) is 0 Å². The van der Waals surface area contributed by atoms with Gasteiger partial charge in [-0.15, -0.1) is 11.3 Å². The summed E-state index contributed by atoms with van der Waals surface area (Å²) in [4.78, 5) is 40.6. The number of aromatic nitrogens is 1. The molecule has 1 aromatic heterocycles. The summed E-state index contributed by atoms with van der Waals surface area (Å²) in [5, 5.41) is 11.6. The van der Waals surface area contributed by atoms with Crippen LogP contribution in [-0.4, -0.2) is 40.3 Å². The number of nitrogens with zero attached hydrogens (tertiary/aromatic N) is 3. The van der Waals surface area contributed by atoms with Crippen molar-refractivity contribution in [1.29, 1.82) is 0 Å². The molecule has 1 amide bonds. The summed E-state index contributed by atoms with van der Waals surface area (Å²) in [5.41, 5.74) is 1.30. The summed E-state index contributed by atoms with van der Waals surface area (Å²) in [6, 6.07) is 11.6. The number of hydrogen-bond acceptors (Lipinski definition) is 7. The molecule has 0 unspecified atom stereocenters. The molecule has 0 saturated heterocycles. The molecular weight excluding hydrogens is 382 g/mol. The molecule has 0 bridgehead atoms. The number of likely N-dealkylation sites (N-methyl/N-ethyl adjacent to an activating group) is 1. The van der Waals surface area contributed by atoms with Gasteiger partial charge in [-0.1, -0.05) is 12.1 Å². The molecule has 0 atom stereocenters. The molecular formula is C19H17N3O5S. The number of hydrogen-bond donors (Lipinski definition) is 0. The third-order valence-electron chi connectivity index (χ3n) is 4.09. The molecule has 3 rings (SSSR count). The Morgan fingerprint density at radius 3 is 2.68 bits per heavy atom. The number of ether oxygens (including phenoxy) is 1. The first-order valence-corrected chi connectivity index (χ1v) is 9.17.